The van der Waals surface area contributed by atoms with E-state index in [9.17, 15) is 10.1 Å². The number of aryl methyl sites for hydroxylation is 2. The topological polar surface area (TPSA) is 62.1 Å². The minimum absolute atomic E-state index is 0.0503. The fourth-order valence-corrected chi connectivity index (χ4v) is 2.26. The molecule has 0 spiro atoms. The van der Waals surface area contributed by atoms with E-state index in [0.29, 0.717) is 5.69 Å². The van der Waals surface area contributed by atoms with Crippen molar-refractivity contribution in [2.75, 3.05) is 12.4 Å². The molecule has 0 saturated carbocycles. The first-order chi connectivity index (χ1) is 11.0. The zero-order valence-corrected chi connectivity index (χ0v) is 13.4. The molecular weight excluding hydrogens is 288 g/mol. The number of nitriles is 1. The molecule has 2 rings (SSSR count). The SMILES string of the molecule is COc1ccc(C=C(C#N)C(=O)Nc2cc(C)cc(C)c2)cc1. The molecule has 1 N–H and O–H groups in total. The third-order valence-corrected chi connectivity index (χ3v) is 3.27. The van der Waals surface area contributed by atoms with Crippen LogP contribution in [0.15, 0.2) is 48.0 Å². The highest BCUT2D eigenvalue weighted by atomic mass is 16.5. The number of nitrogens with zero attached hydrogens (tertiary/aromatic N) is 1. The molecule has 0 aliphatic carbocycles. The molecule has 23 heavy (non-hydrogen) atoms. The maximum atomic E-state index is 12.3. The van der Waals surface area contributed by atoms with Crippen molar-refractivity contribution in [3.63, 3.8) is 0 Å². The van der Waals surface area contributed by atoms with Gasteiger partial charge in [0.15, 0.2) is 0 Å². The predicted molar refractivity (Wildman–Crippen MR) is 91.1 cm³/mol. The quantitative estimate of drug-likeness (QED) is 0.689. The Hall–Kier alpha value is -3.06. The Bertz CT molecular complexity index is 764. The molecule has 4 nitrogen and oxygen atoms in total. The summed E-state index contributed by atoms with van der Waals surface area (Å²) in [7, 11) is 1.59. The van der Waals surface area contributed by atoms with Gasteiger partial charge in [-0.2, -0.15) is 5.26 Å². The summed E-state index contributed by atoms with van der Waals surface area (Å²) < 4.78 is 5.08. The highest BCUT2D eigenvalue weighted by Crippen LogP contribution is 2.17. The van der Waals surface area contributed by atoms with Crippen LogP contribution in [0.4, 0.5) is 5.69 Å². The summed E-state index contributed by atoms with van der Waals surface area (Å²) in [5.74, 6) is 0.300. The molecule has 4 heteroatoms. The van der Waals surface area contributed by atoms with Gasteiger partial charge in [0.25, 0.3) is 5.91 Å². The number of hydrogen-bond acceptors (Lipinski definition) is 3. The number of nitrogens with one attached hydrogen (secondary N) is 1. The molecule has 0 fully saturated rings. The lowest BCUT2D eigenvalue weighted by Gasteiger charge is -2.07. The second-order valence-corrected chi connectivity index (χ2v) is 5.27. The fourth-order valence-electron chi connectivity index (χ4n) is 2.26. The molecule has 2 aromatic rings. The molecule has 0 heterocycles. The van der Waals surface area contributed by atoms with E-state index in [2.05, 4.69) is 5.32 Å². The maximum Gasteiger partial charge on any atom is 0.266 e. The van der Waals surface area contributed by atoms with Gasteiger partial charge in [-0.25, -0.2) is 0 Å². The Morgan fingerprint density at radius 2 is 1.74 bits per heavy atom. The van der Waals surface area contributed by atoms with E-state index in [4.69, 9.17) is 4.74 Å². The molecule has 0 unspecified atom stereocenters. The van der Waals surface area contributed by atoms with Crippen LogP contribution in [0.3, 0.4) is 0 Å². The van der Waals surface area contributed by atoms with E-state index >= 15 is 0 Å². The third-order valence-electron chi connectivity index (χ3n) is 3.27. The van der Waals surface area contributed by atoms with Gasteiger partial charge in [0.1, 0.15) is 17.4 Å². The number of anilines is 1. The molecule has 0 aliphatic heterocycles. The summed E-state index contributed by atoms with van der Waals surface area (Å²) in [5.41, 5.74) is 3.60. The smallest absolute Gasteiger partial charge is 0.266 e. The van der Waals surface area contributed by atoms with Gasteiger partial charge in [-0.3, -0.25) is 4.79 Å². The lowest BCUT2D eigenvalue weighted by Crippen LogP contribution is -2.13. The fraction of sp³-hybridized carbons (Fsp3) is 0.158. The van der Waals surface area contributed by atoms with Gasteiger partial charge in [-0.05, 0) is 60.9 Å². The molecule has 0 atom stereocenters. The van der Waals surface area contributed by atoms with Gasteiger partial charge < -0.3 is 10.1 Å². The largest absolute Gasteiger partial charge is 0.497 e. The molecule has 0 saturated heterocycles. The molecule has 116 valence electrons. The Morgan fingerprint density at radius 1 is 1.13 bits per heavy atom. The zero-order valence-electron chi connectivity index (χ0n) is 13.4. The summed E-state index contributed by atoms with van der Waals surface area (Å²) in [6.07, 6.45) is 1.55. The first-order valence-corrected chi connectivity index (χ1v) is 7.17. The van der Waals surface area contributed by atoms with Crippen LogP contribution < -0.4 is 10.1 Å². The van der Waals surface area contributed by atoms with Crippen LogP contribution in [-0.4, -0.2) is 13.0 Å². The van der Waals surface area contributed by atoms with Crippen molar-refractivity contribution in [1.29, 1.82) is 5.26 Å². The van der Waals surface area contributed by atoms with Crippen molar-refractivity contribution < 1.29 is 9.53 Å². The second kappa shape index (κ2) is 7.28. The van der Waals surface area contributed by atoms with E-state index in [-0.39, 0.29) is 5.57 Å². The number of benzene rings is 2. The van der Waals surface area contributed by atoms with Gasteiger partial charge >= 0.3 is 0 Å². The second-order valence-electron chi connectivity index (χ2n) is 5.27. The number of methoxy groups -OCH3 is 1. The highest BCUT2D eigenvalue weighted by molar-refractivity contribution is 6.09. The Balaban J connectivity index is 2.20. The standard InChI is InChI=1S/C19H18N2O2/c1-13-8-14(2)10-17(9-13)21-19(22)16(12-20)11-15-4-6-18(23-3)7-5-15/h4-11H,1-3H3,(H,21,22). The number of hydrogen-bond donors (Lipinski definition) is 1. The normalized spacial score (nSPS) is 10.8. The Kier molecular flexibility index (Phi) is 5.16. The summed E-state index contributed by atoms with van der Waals surface area (Å²) >= 11 is 0. The van der Waals surface area contributed by atoms with Crippen LogP contribution in [0.25, 0.3) is 6.08 Å². The molecular formula is C19H18N2O2. The highest BCUT2D eigenvalue weighted by Gasteiger charge is 2.10. The number of carbonyl (C=O) groups excluding carboxylic acids is 1. The molecule has 0 aromatic heterocycles. The van der Waals surface area contributed by atoms with Crippen LogP contribution in [0.1, 0.15) is 16.7 Å². The average Bonchev–Trinajstić information content (AvgIpc) is 2.52. The number of ether oxygens (including phenoxy) is 1. The average molecular weight is 306 g/mol. The molecule has 0 bridgehead atoms. The Labute approximate surface area is 136 Å². The van der Waals surface area contributed by atoms with E-state index in [0.717, 1.165) is 22.4 Å². The summed E-state index contributed by atoms with van der Waals surface area (Å²) in [6, 6.07) is 14.8. The summed E-state index contributed by atoms with van der Waals surface area (Å²) in [6.45, 7) is 3.92. The van der Waals surface area contributed by atoms with Crippen molar-refractivity contribution in [1.82, 2.24) is 0 Å². The van der Waals surface area contributed by atoms with Crippen LogP contribution in [-0.2, 0) is 4.79 Å². The zero-order chi connectivity index (χ0) is 16.8. The van der Waals surface area contributed by atoms with E-state index < -0.39 is 5.91 Å². The van der Waals surface area contributed by atoms with Crippen molar-refractivity contribution in [3.05, 3.63) is 64.7 Å². The summed E-state index contributed by atoms with van der Waals surface area (Å²) in [4.78, 5) is 12.3. The molecule has 0 radical (unpaired) electrons. The number of rotatable bonds is 4. The van der Waals surface area contributed by atoms with Crippen LogP contribution in [0, 0.1) is 25.2 Å². The van der Waals surface area contributed by atoms with E-state index in [1.54, 1.807) is 37.5 Å². The molecule has 0 aliphatic rings. The van der Waals surface area contributed by atoms with E-state index in [1.807, 2.05) is 38.1 Å². The lowest BCUT2D eigenvalue weighted by atomic mass is 10.1. The minimum Gasteiger partial charge on any atom is -0.497 e. The molecule has 1 amide bonds. The van der Waals surface area contributed by atoms with Crippen molar-refractivity contribution >= 4 is 17.7 Å². The van der Waals surface area contributed by atoms with Gasteiger partial charge in [0.2, 0.25) is 0 Å². The maximum absolute atomic E-state index is 12.3. The number of amides is 1. The van der Waals surface area contributed by atoms with Gasteiger partial charge in [-0.1, -0.05) is 18.2 Å². The number of carbonyl (C=O) groups is 1. The first kappa shape index (κ1) is 16.3. The van der Waals surface area contributed by atoms with Gasteiger partial charge in [0.05, 0.1) is 7.11 Å². The minimum atomic E-state index is -0.423. The predicted octanol–water partition coefficient (Wildman–Crippen LogP) is 3.86. The van der Waals surface area contributed by atoms with E-state index in [1.165, 1.54) is 0 Å². The van der Waals surface area contributed by atoms with Crippen molar-refractivity contribution in [2.24, 2.45) is 0 Å². The monoisotopic (exact) mass is 306 g/mol. The van der Waals surface area contributed by atoms with Crippen LogP contribution >= 0.6 is 0 Å². The van der Waals surface area contributed by atoms with Crippen LogP contribution in [0.5, 0.6) is 5.75 Å². The van der Waals surface area contributed by atoms with Gasteiger partial charge in [0, 0.05) is 5.69 Å². The van der Waals surface area contributed by atoms with Crippen LogP contribution in [0.2, 0.25) is 0 Å². The lowest BCUT2D eigenvalue weighted by molar-refractivity contribution is -0.112. The van der Waals surface area contributed by atoms with Crippen molar-refractivity contribution in [3.8, 4) is 11.8 Å². The van der Waals surface area contributed by atoms with Gasteiger partial charge in [-0.15, -0.1) is 0 Å². The third kappa shape index (κ3) is 4.45. The Morgan fingerprint density at radius 3 is 2.26 bits per heavy atom. The molecule has 2 aromatic carbocycles. The first-order valence-electron chi connectivity index (χ1n) is 7.17. The van der Waals surface area contributed by atoms with Crippen molar-refractivity contribution in [2.45, 2.75) is 13.8 Å². The summed E-state index contributed by atoms with van der Waals surface area (Å²) in [5, 5.41) is 12.0.